The topological polar surface area (TPSA) is 97.1 Å². The minimum atomic E-state index is -3.52. The standard InChI is InChI=1S/C12H18N4O3S2/c1-2-6-13-7-5-10-3-4-12(20-10)21(17,18)15-8-11-14-9-19-16-11/h3-4,9,13,15H,2,5-8H2,1H3. The molecule has 2 heterocycles. The Hall–Kier alpha value is -1.29. The molecule has 0 saturated heterocycles. The molecule has 0 aliphatic carbocycles. The van der Waals surface area contributed by atoms with Crippen LogP contribution in [0.15, 0.2) is 27.3 Å². The van der Waals surface area contributed by atoms with E-state index in [-0.39, 0.29) is 6.54 Å². The highest BCUT2D eigenvalue weighted by Crippen LogP contribution is 2.21. The summed E-state index contributed by atoms with van der Waals surface area (Å²) >= 11 is 1.28. The largest absolute Gasteiger partial charge is 0.343 e. The van der Waals surface area contributed by atoms with E-state index in [1.54, 1.807) is 6.07 Å². The zero-order valence-electron chi connectivity index (χ0n) is 11.7. The van der Waals surface area contributed by atoms with Crippen molar-refractivity contribution in [2.75, 3.05) is 13.1 Å². The number of thiophene rings is 1. The Kier molecular flexibility index (Phi) is 5.85. The fraction of sp³-hybridized carbons (Fsp3) is 0.500. The zero-order valence-corrected chi connectivity index (χ0v) is 13.3. The van der Waals surface area contributed by atoms with Crippen molar-refractivity contribution in [1.82, 2.24) is 20.2 Å². The normalized spacial score (nSPS) is 11.9. The zero-order chi connectivity index (χ0) is 15.1. The number of nitrogens with one attached hydrogen (secondary N) is 2. The van der Waals surface area contributed by atoms with Crippen LogP contribution in [0.25, 0.3) is 0 Å². The molecule has 0 bridgehead atoms. The Balaban J connectivity index is 1.89. The summed E-state index contributed by atoms with van der Waals surface area (Å²) in [5, 5.41) is 6.85. The monoisotopic (exact) mass is 330 g/mol. The van der Waals surface area contributed by atoms with Crippen LogP contribution in [0.3, 0.4) is 0 Å². The molecular weight excluding hydrogens is 312 g/mol. The molecule has 0 saturated carbocycles. The highest BCUT2D eigenvalue weighted by atomic mass is 32.2. The number of nitrogens with zero attached hydrogens (tertiary/aromatic N) is 2. The van der Waals surface area contributed by atoms with E-state index in [1.807, 2.05) is 6.07 Å². The molecule has 7 nitrogen and oxygen atoms in total. The second kappa shape index (κ2) is 7.64. The van der Waals surface area contributed by atoms with Crippen LogP contribution in [0.1, 0.15) is 24.0 Å². The molecule has 0 amide bonds. The van der Waals surface area contributed by atoms with Crippen LogP contribution >= 0.6 is 11.3 Å². The summed E-state index contributed by atoms with van der Waals surface area (Å²) in [7, 11) is -3.52. The van der Waals surface area contributed by atoms with Gasteiger partial charge in [0, 0.05) is 4.88 Å². The van der Waals surface area contributed by atoms with Crippen LogP contribution in [-0.2, 0) is 23.0 Å². The van der Waals surface area contributed by atoms with Crippen LogP contribution in [0.4, 0.5) is 0 Å². The van der Waals surface area contributed by atoms with E-state index >= 15 is 0 Å². The molecule has 2 aromatic heterocycles. The Bertz CT molecular complexity index is 637. The highest BCUT2D eigenvalue weighted by molar-refractivity contribution is 7.91. The molecule has 0 spiro atoms. The first kappa shape index (κ1) is 16.1. The van der Waals surface area contributed by atoms with Crippen molar-refractivity contribution in [3.8, 4) is 0 Å². The Morgan fingerprint density at radius 2 is 2.19 bits per heavy atom. The Morgan fingerprint density at radius 1 is 1.33 bits per heavy atom. The summed E-state index contributed by atoms with van der Waals surface area (Å²) < 4.78 is 31.5. The van der Waals surface area contributed by atoms with Crippen molar-refractivity contribution in [2.24, 2.45) is 0 Å². The number of sulfonamides is 1. The quantitative estimate of drug-likeness (QED) is 0.670. The number of hydrogen-bond donors (Lipinski definition) is 2. The molecule has 0 aromatic carbocycles. The average Bonchev–Trinajstić information content (AvgIpc) is 3.13. The van der Waals surface area contributed by atoms with Gasteiger partial charge >= 0.3 is 0 Å². The predicted molar refractivity (Wildman–Crippen MR) is 79.5 cm³/mol. The van der Waals surface area contributed by atoms with Crippen molar-refractivity contribution in [3.63, 3.8) is 0 Å². The molecule has 0 fully saturated rings. The van der Waals surface area contributed by atoms with Crippen LogP contribution in [0.2, 0.25) is 0 Å². The maximum atomic E-state index is 12.1. The molecule has 2 N–H and O–H groups in total. The summed E-state index contributed by atoms with van der Waals surface area (Å²) in [6, 6.07) is 3.47. The molecule has 0 unspecified atom stereocenters. The van der Waals surface area contributed by atoms with E-state index in [0.717, 1.165) is 37.2 Å². The summed E-state index contributed by atoms with van der Waals surface area (Å²) in [6.07, 6.45) is 3.07. The molecule has 0 aliphatic heterocycles. The van der Waals surface area contributed by atoms with E-state index < -0.39 is 10.0 Å². The van der Waals surface area contributed by atoms with Crippen LogP contribution in [0.5, 0.6) is 0 Å². The van der Waals surface area contributed by atoms with Gasteiger partial charge in [0.2, 0.25) is 16.4 Å². The molecule has 116 valence electrons. The SMILES string of the molecule is CCCNCCc1ccc(S(=O)(=O)NCc2ncon2)s1. The maximum absolute atomic E-state index is 12.1. The summed E-state index contributed by atoms with van der Waals surface area (Å²) in [5.41, 5.74) is 0. The van der Waals surface area contributed by atoms with Gasteiger partial charge in [-0.2, -0.15) is 4.98 Å². The average molecular weight is 330 g/mol. The molecule has 2 rings (SSSR count). The van der Waals surface area contributed by atoms with Gasteiger partial charge in [-0.05, 0) is 38.1 Å². The second-order valence-corrected chi connectivity index (χ2v) is 7.55. The van der Waals surface area contributed by atoms with E-state index in [9.17, 15) is 8.42 Å². The Labute approximate surface area is 127 Å². The Morgan fingerprint density at radius 3 is 2.90 bits per heavy atom. The van der Waals surface area contributed by atoms with Gasteiger partial charge < -0.3 is 9.84 Å². The minimum Gasteiger partial charge on any atom is -0.343 e. The highest BCUT2D eigenvalue weighted by Gasteiger charge is 2.17. The van der Waals surface area contributed by atoms with Crippen LogP contribution in [-0.4, -0.2) is 31.6 Å². The van der Waals surface area contributed by atoms with E-state index in [2.05, 4.69) is 31.6 Å². The lowest BCUT2D eigenvalue weighted by molar-refractivity contribution is 0.409. The first-order chi connectivity index (χ1) is 10.1. The fourth-order valence-electron chi connectivity index (χ4n) is 1.65. The number of aromatic nitrogens is 2. The lowest BCUT2D eigenvalue weighted by Gasteiger charge is -2.02. The molecule has 0 aliphatic rings. The van der Waals surface area contributed by atoms with Crippen molar-refractivity contribution >= 4 is 21.4 Å². The second-order valence-electron chi connectivity index (χ2n) is 4.39. The molecule has 9 heteroatoms. The van der Waals surface area contributed by atoms with Gasteiger partial charge in [0.1, 0.15) is 4.21 Å². The van der Waals surface area contributed by atoms with Crippen molar-refractivity contribution in [3.05, 3.63) is 29.2 Å². The minimum absolute atomic E-state index is 0.0180. The molecule has 2 aromatic rings. The third kappa shape index (κ3) is 4.88. The molecular formula is C12H18N4O3S2. The first-order valence-corrected chi connectivity index (χ1v) is 8.96. The smallest absolute Gasteiger partial charge is 0.250 e. The number of hydrogen-bond acceptors (Lipinski definition) is 7. The lowest BCUT2D eigenvalue weighted by atomic mass is 10.3. The van der Waals surface area contributed by atoms with E-state index in [0.29, 0.717) is 10.0 Å². The van der Waals surface area contributed by atoms with Gasteiger partial charge in [-0.1, -0.05) is 12.1 Å². The van der Waals surface area contributed by atoms with Crippen molar-refractivity contribution < 1.29 is 12.9 Å². The van der Waals surface area contributed by atoms with Gasteiger partial charge in [0.15, 0.2) is 5.82 Å². The van der Waals surface area contributed by atoms with Crippen molar-refractivity contribution in [2.45, 2.75) is 30.5 Å². The molecule has 0 radical (unpaired) electrons. The van der Waals surface area contributed by atoms with Gasteiger partial charge in [0.25, 0.3) is 0 Å². The van der Waals surface area contributed by atoms with E-state index in [4.69, 9.17) is 0 Å². The van der Waals surface area contributed by atoms with Crippen LogP contribution < -0.4 is 10.0 Å². The van der Waals surface area contributed by atoms with Gasteiger partial charge in [0.05, 0.1) is 6.54 Å². The number of rotatable bonds is 9. The molecule has 0 atom stereocenters. The fourth-order valence-corrected chi connectivity index (χ4v) is 4.03. The summed E-state index contributed by atoms with van der Waals surface area (Å²) in [5.74, 6) is 0.305. The van der Waals surface area contributed by atoms with Crippen LogP contribution in [0, 0.1) is 0 Å². The first-order valence-electron chi connectivity index (χ1n) is 6.66. The third-order valence-electron chi connectivity index (χ3n) is 2.70. The molecule has 21 heavy (non-hydrogen) atoms. The van der Waals surface area contributed by atoms with Crippen molar-refractivity contribution in [1.29, 1.82) is 0 Å². The third-order valence-corrected chi connectivity index (χ3v) is 5.74. The summed E-state index contributed by atoms with van der Waals surface area (Å²) in [6.45, 7) is 3.95. The van der Waals surface area contributed by atoms with E-state index in [1.165, 1.54) is 11.3 Å². The van der Waals surface area contributed by atoms with Gasteiger partial charge in [-0.3, -0.25) is 0 Å². The summed E-state index contributed by atoms with van der Waals surface area (Å²) in [4.78, 5) is 4.81. The van der Waals surface area contributed by atoms with Gasteiger partial charge in [-0.15, -0.1) is 11.3 Å². The lowest BCUT2D eigenvalue weighted by Crippen LogP contribution is -2.22. The predicted octanol–water partition coefficient (Wildman–Crippen LogP) is 1.15. The maximum Gasteiger partial charge on any atom is 0.250 e. The van der Waals surface area contributed by atoms with Gasteiger partial charge in [-0.25, -0.2) is 13.1 Å².